The quantitative estimate of drug-likeness (QED) is 0.562. The van der Waals surface area contributed by atoms with Gasteiger partial charge in [0, 0.05) is 43.0 Å². The molecule has 35 heavy (non-hydrogen) atoms. The summed E-state index contributed by atoms with van der Waals surface area (Å²) in [7, 11) is 0. The molecule has 4 rings (SSSR count). The maximum Gasteiger partial charge on any atom is 0.252 e. The van der Waals surface area contributed by atoms with Crippen molar-refractivity contribution in [3.8, 4) is 17.3 Å². The van der Waals surface area contributed by atoms with E-state index in [1.165, 1.54) is 6.20 Å². The van der Waals surface area contributed by atoms with E-state index in [0.29, 0.717) is 33.7 Å². The van der Waals surface area contributed by atoms with Crippen LogP contribution in [0, 0.1) is 11.3 Å². The molecule has 0 spiro atoms. The van der Waals surface area contributed by atoms with Crippen molar-refractivity contribution in [2.75, 3.05) is 4.90 Å². The van der Waals surface area contributed by atoms with Gasteiger partial charge in [-0.25, -0.2) is 9.97 Å². The first-order valence-corrected chi connectivity index (χ1v) is 11.8. The predicted molar refractivity (Wildman–Crippen MR) is 133 cm³/mol. The molecular formula is C26H29N7O2. The monoisotopic (exact) mass is 471 g/mol. The molecule has 0 atom stereocenters. The minimum absolute atomic E-state index is 0.0160. The number of hydrogen-bond acceptors (Lipinski definition) is 7. The van der Waals surface area contributed by atoms with Crippen molar-refractivity contribution in [3.63, 3.8) is 0 Å². The van der Waals surface area contributed by atoms with Crippen LogP contribution in [0.1, 0.15) is 62.5 Å². The zero-order chi connectivity index (χ0) is 25.1. The second kappa shape index (κ2) is 10.1. The molecule has 1 aliphatic carbocycles. The summed E-state index contributed by atoms with van der Waals surface area (Å²) in [6.07, 6.45) is 6.54. The van der Waals surface area contributed by atoms with Crippen molar-refractivity contribution < 1.29 is 9.59 Å². The molecule has 3 heterocycles. The number of hydrogen-bond donors (Lipinski definition) is 2. The Morgan fingerprint density at radius 2 is 1.91 bits per heavy atom. The average molecular weight is 472 g/mol. The zero-order valence-corrected chi connectivity index (χ0v) is 20.2. The molecule has 0 unspecified atom stereocenters. The highest BCUT2D eigenvalue weighted by Gasteiger charge is 2.32. The van der Waals surface area contributed by atoms with Gasteiger partial charge in [0.25, 0.3) is 5.91 Å². The summed E-state index contributed by atoms with van der Waals surface area (Å²) in [5, 5.41) is 12.3. The third-order valence-corrected chi connectivity index (χ3v) is 6.43. The lowest BCUT2D eigenvalue weighted by Gasteiger charge is -2.41. The van der Waals surface area contributed by atoms with E-state index in [9.17, 15) is 14.9 Å². The Balaban J connectivity index is 1.82. The smallest absolute Gasteiger partial charge is 0.252 e. The van der Waals surface area contributed by atoms with Crippen molar-refractivity contribution in [1.29, 1.82) is 5.26 Å². The molecule has 9 heteroatoms. The molecule has 0 aliphatic heterocycles. The number of fused-ring (bicyclic) bond motifs is 1. The molecule has 2 amide bonds. The SMILES string of the molecule is CC(=O)NC1CCC(N(c2c(C(N)=O)cnc3ccc(-c4ccnc(C#N)c4)nc23)C(C)C)CC1. The van der Waals surface area contributed by atoms with Gasteiger partial charge in [-0.05, 0) is 63.8 Å². The van der Waals surface area contributed by atoms with Crippen LogP contribution in [0.25, 0.3) is 22.3 Å². The maximum atomic E-state index is 12.5. The minimum Gasteiger partial charge on any atom is -0.365 e. The van der Waals surface area contributed by atoms with E-state index >= 15 is 0 Å². The first kappa shape index (κ1) is 24.1. The lowest BCUT2D eigenvalue weighted by molar-refractivity contribution is -0.119. The molecular weight excluding hydrogens is 442 g/mol. The van der Waals surface area contributed by atoms with Crippen molar-refractivity contribution >= 4 is 28.5 Å². The molecule has 0 bridgehead atoms. The average Bonchev–Trinajstić information content (AvgIpc) is 2.84. The molecule has 1 saturated carbocycles. The van der Waals surface area contributed by atoms with Crippen LogP contribution in [-0.2, 0) is 4.79 Å². The number of nitrogens with zero attached hydrogens (tertiary/aromatic N) is 5. The summed E-state index contributed by atoms with van der Waals surface area (Å²) in [6.45, 7) is 5.71. The number of carbonyl (C=O) groups is 2. The molecule has 180 valence electrons. The van der Waals surface area contributed by atoms with Gasteiger partial charge < -0.3 is 16.0 Å². The van der Waals surface area contributed by atoms with Gasteiger partial charge in [0.15, 0.2) is 0 Å². The predicted octanol–water partition coefficient (Wildman–Crippen LogP) is 3.32. The second-order valence-electron chi connectivity index (χ2n) is 9.20. The normalized spacial score (nSPS) is 17.7. The summed E-state index contributed by atoms with van der Waals surface area (Å²) >= 11 is 0. The summed E-state index contributed by atoms with van der Waals surface area (Å²) in [4.78, 5) is 39.7. The molecule has 3 aromatic rings. The van der Waals surface area contributed by atoms with Crippen LogP contribution < -0.4 is 16.0 Å². The van der Waals surface area contributed by atoms with E-state index in [1.807, 2.05) is 12.1 Å². The third kappa shape index (κ3) is 5.06. The van der Waals surface area contributed by atoms with E-state index in [1.54, 1.807) is 25.3 Å². The molecule has 0 aromatic carbocycles. The number of primary amides is 1. The number of nitrogens with one attached hydrogen (secondary N) is 1. The Hall–Kier alpha value is -4.06. The van der Waals surface area contributed by atoms with Gasteiger partial charge in [-0.1, -0.05) is 0 Å². The first-order valence-electron chi connectivity index (χ1n) is 11.8. The van der Waals surface area contributed by atoms with Gasteiger partial charge in [0.1, 0.15) is 17.3 Å². The van der Waals surface area contributed by atoms with Crippen LogP contribution in [0.5, 0.6) is 0 Å². The zero-order valence-electron chi connectivity index (χ0n) is 20.2. The number of nitriles is 1. The topological polar surface area (TPSA) is 138 Å². The van der Waals surface area contributed by atoms with Gasteiger partial charge in [-0.2, -0.15) is 5.26 Å². The van der Waals surface area contributed by atoms with E-state index in [-0.39, 0.29) is 24.0 Å². The number of anilines is 1. The number of pyridine rings is 3. The summed E-state index contributed by atoms with van der Waals surface area (Å²) < 4.78 is 0. The second-order valence-corrected chi connectivity index (χ2v) is 9.20. The number of nitrogens with two attached hydrogens (primary N) is 1. The minimum atomic E-state index is -0.560. The van der Waals surface area contributed by atoms with Gasteiger partial charge in [0.2, 0.25) is 5.91 Å². The highest BCUT2D eigenvalue weighted by atomic mass is 16.1. The van der Waals surface area contributed by atoms with Gasteiger partial charge in [-0.3, -0.25) is 14.6 Å². The molecule has 3 aromatic heterocycles. The molecule has 0 saturated heterocycles. The fourth-order valence-electron chi connectivity index (χ4n) is 4.95. The van der Waals surface area contributed by atoms with Crippen LogP contribution >= 0.6 is 0 Å². The summed E-state index contributed by atoms with van der Waals surface area (Å²) in [5.74, 6) is -0.576. The number of carbonyl (C=O) groups excluding carboxylic acids is 2. The molecule has 1 fully saturated rings. The van der Waals surface area contributed by atoms with Crippen molar-refractivity contribution in [3.05, 3.63) is 47.9 Å². The van der Waals surface area contributed by atoms with Crippen LogP contribution in [0.4, 0.5) is 5.69 Å². The highest BCUT2D eigenvalue weighted by molar-refractivity contribution is 6.06. The number of amides is 2. The maximum absolute atomic E-state index is 12.5. The lowest BCUT2D eigenvalue weighted by Crippen LogP contribution is -2.47. The fourth-order valence-corrected chi connectivity index (χ4v) is 4.95. The number of rotatable bonds is 6. The van der Waals surface area contributed by atoms with E-state index < -0.39 is 5.91 Å². The van der Waals surface area contributed by atoms with Crippen molar-refractivity contribution in [2.24, 2.45) is 5.73 Å². The molecule has 3 N–H and O–H groups in total. The van der Waals surface area contributed by atoms with Crippen LogP contribution in [-0.4, -0.2) is 44.9 Å². The largest absolute Gasteiger partial charge is 0.365 e. The van der Waals surface area contributed by atoms with E-state index in [4.69, 9.17) is 10.7 Å². The molecule has 9 nitrogen and oxygen atoms in total. The van der Waals surface area contributed by atoms with Gasteiger partial charge in [0.05, 0.1) is 22.5 Å². The molecule has 1 aliphatic rings. The van der Waals surface area contributed by atoms with Crippen LogP contribution in [0.2, 0.25) is 0 Å². The van der Waals surface area contributed by atoms with Crippen molar-refractivity contribution in [2.45, 2.75) is 64.6 Å². The Kier molecular flexibility index (Phi) is 6.92. The Bertz CT molecular complexity index is 1310. The third-order valence-electron chi connectivity index (χ3n) is 6.43. The highest BCUT2D eigenvalue weighted by Crippen LogP contribution is 2.36. The lowest BCUT2D eigenvalue weighted by atomic mass is 9.88. The van der Waals surface area contributed by atoms with Gasteiger partial charge >= 0.3 is 0 Å². The fraction of sp³-hybridized carbons (Fsp3) is 0.385. The Morgan fingerprint density at radius 3 is 2.54 bits per heavy atom. The van der Waals surface area contributed by atoms with Crippen molar-refractivity contribution in [1.82, 2.24) is 20.3 Å². The Labute approximate surface area is 204 Å². The van der Waals surface area contributed by atoms with Crippen LogP contribution in [0.3, 0.4) is 0 Å². The summed E-state index contributed by atoms with van der Waals surface area (Å²) in [5.41, 5.74) is 9.76. The van der Waals surface area contributed by atoms with E-state index in [0.717, 1.165) is 31.2 Å². The number of aromatic nitrogens is 3. The first-order chi connectivity index (χ1) is 16.8. The van der Waals surface area contributed by atoms with Crippen LogP contribution in [0.15, 0.2) is 36.7 Å². The summed E-state index contributed by atoms with van der Waals surface area (Å²) in [6, 6.07) is 9.62. The molecule has 0 radical (unpaired) electrons. The standard InChI is InChI=1S/C26H29N7O2/c1-15(2)33(20-6-4-18(5-7-20)31-16(3)34)25-21(26(28)35)14-30-23-9-8-22(32-24(23)25)17-10-11-29-19(12-17)13-27/h8-12,14-15,18,20H,4-7H2,1-3H3,(H2,28,35)(H,31,34). The Morgan fingerprint density at radius 1 is 1.17 bits per heavy atom. The van der Waals surface area contributed by atoms with Gasteiger partial charge in [-0.15, -0.1) is 0 Å². The van der Waals surface area contributed by atoms with E-state index in [2.05, 4.69) is 40.1 Å².